The molecule has 4 nitrogen and oxygen atoms in total. The van der Waals surface area contributed by atoms with Gasteiger partial charge >= 0.3 is 12.1 Å². The smallest absolute Gasteiger partial charge is 0.411 e. The highest BCUT2D eigenvalue weighted by Crippen LogP contribution is 2.30. The molecule has 7 heteroatoms. The molecule has 0 heterocycles. The first kappa shape index (κ1) is 19.2. The third-order valence-electron chi connectivity index (χ3n) is 3.04. The van der Waals surface area contributed by atoms with E-state index < -0.39 is 18.2 Å². The second kappa shape index (κ2) is 9.18. The molecule has 1 unspecified atom stereocenters. The molecule has 0 fully saturated rings. The summed E-state index contributed by atoms with van der Waals surface area (Å²) in [6, 6.07) is 0. The van der Waals surface area contributed by atoms with Gasteiger partial charge in [-0.05, 0) is 26.2 Å². The van der Waals surface area contributed by atoms with E-state index in [2.05, 4.69) is 4.74 Å². The number of carbonyl (C=O) groups is 1. The minimum Gasteiger partial charge on any atom is -0.466 e. The Morgan fingerprint density at radius 3 is 2.30 bits per heavy atom. The number of rotatable bonds is 10. The van der Waals surface area contributed by atoms with Gasteiger partial charge in [0.05, 0.1) is 12.0 Å². The van der Waals surface area contributed by atoms with Crippen LogP contribution in [0, 0.1) is 5.41 Å². The van der Waals surface area contributed by atoms with Crippen molar-refractivity contribution in [1.82, 2.24) is 0 Å². The van der Waals surface area contributed by atoms with Crippen LogP contribution in [0.15, 0.2) is 0 Å². The zero-order valence-electron chi connectivity index (χ0n) is 12.1. The number of hydrogen-bond acceptors (Lipinski definition) is 4. The number of carbonyl (C=O) groups excluding carboxylic acids is 1. The predicted molar refractivity (Wildman–Crippen MR) is 69.1 cm³/mol. The summed E-state index contributed by atoms with van der Waals surface area (Å²) in [7, 11) is 0. The van der Waals surface area contributed by atoms with Crippen LogP contribution >= 0.6 is 0 Å². The van der Waals surface area contributed by atoms with Gasteiger partial charge in [-0.25, -0.2) is 0 Å². The van der Waals surface area contributed by atoms with Crippen molar-refractivity contribution in [1.29, 1.82) is 0 Å². The van der Waals surface area contributed by atoms with E-state index in [0.29, 0.717) is 19.3 Å². The van der Waals surface area contributed by atoms with Gasteiger partial charge in [0.1, 0.15) is 6.61 Å². The minimum atomic E-state index is -4.32. The molecule has 2 N–H and O–H groups in total. The highest BCUT2D eigenvalue weighted by molar-refractivity contribution is 5.77. The average molecular weight is 299 g/mol. The summed E-state index contributed by atoms with van der Waals surface area (Å²) in [6.45, 7) is 2.69. The summed E-state index contributed by atoms with van der Waals surface area (Å²) in [5, 5.41) is 0. The van der Waals surface area contributed by atoms with Crippen LogP contribution in [-0.2, 0) is 14.3 Å². The van der Waals surface area contributed by atoms with Crippen molar-refractivity contribution in [2.75, 3.05) is 26.4 Å². The zero-order chi connectivity index (χ0) is 15.6. The molecule has 0 aliphatic heterocycles. The molecular weight excluding hydrogens is 275 g/mol. The molecule has 0 aromatic heterocycles. The molecule has 0 aliphatic rings. The Bertz CT molecular complexity index is 285. The van der Waals surface area contributed by atoms with Crippen LogP contribution in [0.5, 0.6) is 0 Å². The van der Waals surface area contributed by atoms with Gasteiger partial charge in [-0.1, -0.05) is 13.3 Å². The molecule has 1 atom stereocenters. The summed E-state index contributed by atoms with van der Waals surface area (Å²) in [6.07, 6.45) is -2.31. The maximum absolute atomic E-state index is 12.0. The van der Waals surface area contributed by atoms with Crippen molar-refractivity contribution in [3.63, 3.8) is 0 Å². The number of nitrogens with two attached hydrogens (primary N) is 1. The molecule has 0 aromatic rings. The Hall–Kier alpha value is -0.820. The molecule has 0 bridgehead atoms. The Kier molecular flexibility index (Phi) is 8.80. The largest absolute Gasteiger partial charge is 0.466 e. The van der Waals surface area contributed by atoms with Crippen molar-refractivity contribution >= 4 is 5.97 Å². The molecule has 0 saturated carbocycles. The van der Waals surface area contributed by atoms with E-state index in [4.69, 9.17) is 10.5 Å². The molecule has 0 saturated heterocycles. The predicted octanol–water partition coefficient (Wildman–Crippen LogP) is 2.65. The third-order valence-corrected chi connectivity index (χ3v) is 3.04. The van der Waals surface area contributed by atoms with E-state index in [1.807, 2.05) is 6.92 Å². The lowest BCUT2D eigenvalue weighted by atomic mass is 9.79. The molecule has 0 radical (unpaired) electrons. The van der Waals surface area contributed by atoms with Crippen LogP contribution in [0.3, 0.4) is 0 Å². The third kappa shape index (κ3) is 7.09. The van der Waals surface area contributed by atoms with Gasteiger partial charge < -0.3 is 15.2 Å². The zero-order valence-corrected chi connectivity index (χ0v) is 12.1. The molecule has 0 spiro atoms. The highest BCUT2D eigenvalue weighted by Gasteiger charge is 2.37. The summed E-state index contributed by atoms with van der Waals surface area (Å²) < 4.78 is 45.3. The van der Waals surface area contributed by atoms with Crippen molar-refractivity contribution in [3.05, 3.63) is 0 Å². The van der Waals surface area contributed by atoms with Gasteiger partial charge in [-0.15, -0.1) is 0 Å². The molecule has 120 valence electrons. The van der Waals surface area contributed by atoms with Crippen molar-refractivity contribution in [3.8, 4) is 0 Å². The Morgan fingerprint density at radius 1 is 1.20 bits per heavy atom. The van der Waals surface area contributed by atoms with Gasteiger partial charge in [0, 0.05) is 13.2 Å². The van der Waals surface area contributed by atoms with Crippen molar-refractivity contribution in [2.45, 2.75) is 45.7 Å². The highest BCUT2D eigenvalue weighted by atomic mass is 19.4. The number of alkyl halides is 3. The van der Waals surface area contributed by atoms with E-state index in [-0.39, 0.29) is 25.7 Å². The van der Waals surface area contributed by atoms with Gasteiger partial charge in [0.25, 0.3) is 0 Å². The molecule has 0 aliphatic carbocycles. The van der Waals surface area contributed by atoms with Crippen LogP contribution < -0.4 is 5.73 Å². The SMILES string of the molecule is CCCC(CN)(CCCOCC(F)(F)F)C(=O)OCC. The second-order valence-electron chi connectivity index (χ2n) is 4.73. The number of hydrogen-bond donors (Lipinski definition) is 1. The van der Waals surface area contributed by atoms with Gasteiger partial charge in [0.2, 0.25) is 0 Å². The van der Waals surface area contributed by atoms with E-state index in [1.165, 1.54) is 0 Å². The molecule has 20 heavy (non-hydrogen) atoms. The first-order valence-corrected chi connectivity index (χ1v) is 6.83. The van der Waals surface area contributed by atoms with Crippen LogP contribution in [-0.4, -0.2) is 38.5 Å². The maximum Gasteiger partial charge on any atom is 0.411 e. The molecule has 0 rings (SSSR count). The number of esters is 1. The van der Waals surface area contributed by atoms with Crippen LogP contribution in [0.2, 0.25) is 0 Å². The fourth-order valence-corrected chi connectivity index (χ4v) is 2.08. The Morgan fingerprint density at radius 2 is 1.85 bits per heavy atom. The van der Waals surface area contributed by atoms with Gasteiger partial charge in [-0.2, -0.15) is 13.2 Å². The molecular formula is C13H24F3NO3. The van der Waals surface area contributed by atoms with Crippen molar-refractivity contribution < 1.29 is 27.4 Å². The lowest BCUT2D eigenvalue weighted by molar-refractivity contribution is -0.175. The van der Waals surface area contributed by atoms with E-state index in [9.17, 15) is 18.0 Å². The second-order valence-corrected chi connectivity index (χ2v) is 4.73. The summed E-state index contributed by atoms with van der Waals surface area (Å²) in [5.74, 6) is -0.375. The lowest BCUT2D eigenvalue weighted by Crippen LogP contribution is -2.40. The number of ether oxygens (including phenoxy) is 2. The van der Waals surface area contributed by atoms with E-state index in [0.717, 1.165) is 6.42 Å². The summed E-state index contributed by atoms with van der Waals surface area (Å²) >= 11 is 0. The summed E-state index contributed by atoms with van der Waals surface area (Å²) in [5.41, 5.74) is 4.87. The number of halogens is 3. The van der Waals surface area contributed by atoms with Gasteiger partial charge in [-0.3, -0.25) is 4.79 Å². The fourth-order valence-electron chi connectivity index (χ4n) is 2.08. The normalized spacial score (nSPS) is 14.9. The minimum absolute atomic E-state index is 0.0512. The van der Waals surface area contributed by atoms with E-state index >= 15 is 0 Å². The summed E-state index contributed by atoms with van der Waals surface area (Å²) in [4.78, 5) is 12.0. The fraction of sp³-hybridized carbons (Fsp3) is 0.923. The lowest BCUT2D eigenvalue weighted by Gasteiger charge is -2.29. The topological polar surface area (TPSA) is 61.5 Å². The quantitative estimate of drug-likeness (QED) is 0.497. The Labute approximate surface area is 117 Å². The standard InChI is InChI=1S/C13H24F3NO3/c1-3-6-12(9-17,11(18)20-4-2)7-5-8-19-10-13(14,15)16/h3-10,17H2,1-2H3. The maximum atomic E-state index is 12.0. The van der Waals surface area contributed by atoms with Crippen LogP contribution in [0.4, 0.5) is 13.2 Å². The van der Waals surface area contributed by atoms with Crippen molar-refractivity contribution in [2.24, 2.45) is 11.1 Å². The van der Waals surface area contributed by atoms with Crippen LogP contribution in [0.25, 0.3) is 0 Å². The monoisotopic (exact) mass is 299 g/mol. The first-order valence-electron chi connectivity index (χ1n) is 6.83. The average Bonchev–Trinajstić information content (AvgIpc) is 2.36. The molecule has 0 amide bonds. The first-order chi connectivity index (χ1) is 9.31. The Balaban J connectivity index is 4.33. The van der Waals surface area contributed by atoms with E-state index in [1.54, 1.807) is 6.92 Å². The molecule has 0 aromatic carbocycles. The van der Waals surface area contributed by atoms with Crippen LogP contribution in [0.1, 0.15) is 39.5 Å². The van der Waals surface area contributed by atoms with Gasteiger partial charge in [0.15, 0.2) is 0 Å².